The van der Waals surface area contributed by atoms with E-state index in [0.29, 0.717) is 25.0 Å². The van der Waals surface area contributed by atoms with Crippen LogP contribution in [0.5, 0.6) is 0 Å². The number of ether oxygens (including phenoxy) is 1. The first-order valence-corrected chi connectivity index (χ1v) is 9.69. The monoisotopic (exact) mass is 355 g/mol. The Morgan fingerprint density at radius 2 is 2.15 bits per heavy atom. The lowest BCUT2D eigenvalue weighted by atomic mass is 9.85. The second-order valence-corrected chi connectivity index (χ2v) is 8.12. The van der Waals surface area contributed by atoms with Gasteiger partial charge in [0, 0.05) is 32.7 Å². The molecule has 0 bridgehead atoms. The van der Waals surface area contributed by atoms with Gasteiger partial charge in [0.15, 0.2) is 0 Å². The Labute approximate surface area is 156 Å². The van der Waals surface area contributed by atoms with Crippen molar-refractivity contribution in [2.24, 2.45) is 16.8 Å². The number of hydrogen-bond donors (Lipinski definition) is 0. The normalized spacial score (nSPS) is 31.1. The van der Waals surface area contributed by atoms with Crippen molar-refractivity contribution >= 4 is 11.7 Å². The van der Waals surface area contributed by atoms with E-state index in [-0.39, 0.29) is 5.91 Å². The zero-order chi connectivity index (χ0) is 18.3. The topological polar surface area (TPSA) is 45.1 Å². The number of fused-ring (bicyclic) bond motifs is 2. The van der Waals surface area contributed by atoms with Gasteiger partial charge in [-0.3, -0.25) is 19.6 Å². The molecule has 1 saturated heterocycles. The van der Waals surface area contributed by atoms with E-state index < -0.39 is 5.54 Å². The van der Waals surface area contributed by atoms with E-state index in [1.54, 1.807) is 7.11 Å². The number of likely N-dealkylation sites (tertiary alicyclic amines) is 1. The molecule has 5 nitrogen and oxygen atoms in total. The third-order valence-electron chi connectivity index (χ3n) is 6.40. The van der Waals surface area contributed by atoms with Crippen molar-refractivity contribution in [3.8, 4) is 0 Å². The molecule has 4 rings (SSSR count). The van der Waals surface area contributed by atoms with Gasteiger partial charge in [0.1, 0.15) is 11.4 Å². The number of hydrogen-bond acceptors (Lipinski definition) is 4. The fourth-order valence-electron chi connectivity index (χ4n) is 5.21. The Morgan fingerprint density at radius 3 is 2.92 bits per heavy atom. The highest BCUT2D eigenvalue weighted by Gasteiger charge is 2.60. The molecule has 140 valence electrons. The summed E-state index contributed by atoms with van der Waals surface area (Å²) < 4.78 is 5.17. The van der Waals surface area contributed by atoms with Crippen LogP contribution in [0.25, 0.3) is 0 Å². The standard InChI is InChI=1S/C21H29N3O2/c1-15-5-4-6-17(11-15)12-23-13-18-7-8-21(19(18)14-23)20(25)24(9-10-26-3)16(2)22-21/h4-6,11,18-19H,7-10,12-14H2,1-3H3/t18-,19+,21-/m1/s1. The molecule has 0 unspecified atom stereocenters. The van der Waals surface area contributed by atoms with Gasteiger partial charge in [0.2, 0.25) is 0 Å². The number of amidine groups is 1. The summed E-state index contributed by atoms with van der Waals surface area (Å²) in [6.07, 6.45) is 2.01. The van der Waals surface area contributed by atoms with E-state index >= 15 is 0 Å². The lowest BCUT2D eigenvalue weighted by molar-refractivity contribution is -0.132. The van der Waals surface area contributed by atoms with Crippen molar-refractivity contribution in [1.82, 2.24) is 9.80 Å². The van der Waals surface area contributed by atoms with Crippen LogP contribution in [-0.2, 0) is 16.1 Å². The Morgan fingerprint density at radius 1 is 1.31 bits per heavy atom. The summed E-state index contributed by atoms with van der Waals surface area (Å²) in [7, 11) is 1.68. The molecular formula is C21H29N3O2. The van der Waals surface area contributed by atoms with Crippen LogP contribution in [0.1, 0.15) is 30.9 Å². The highest BCUT2D eigenvalue weighted by molar-refractivity contribution is 6.07. The van der Waals surface area contributed by atoms with Gasteiger partial charge in [-0.2, -0.15) is 0 Å². The number of carbonyl (C=O) groups excluding carboxylic acids is 1. The maximum Gasteiger partial charge on any atom is 0.256 e. The molecule has 2 fully saturated rings. The molecule has 3 aliphatic rings. The van der Waals surface area contributed by atoms with E-state index in [0.717, 1.165) is 38.3 Å². The van der Waals surface area contributed by atoms with E-state index in [1.807, 2.05) is 11.8 Å². The molecule has 1 aromatic carbocycles. The fourth-order valence-corrected chi connectivity index (χ4v) is 5.21. The van der Waals surface area contributed by atoms with Crippen molar-refractivity contribution in [3.63, 3.8) is 0 Å². The highest BCUT2D eigenvalue weighted by atomic mass is 16.5. The average Bonchev–Trinajstić information content (AvgIpc) is 3.22. The molecule has 0 radical (unpaired) electrons. The summed E-state index contributed by atoms with van der Waals surface area (Å²) >= 11 is 0. The van der Waals surface area contributed by atoms with Crippen molar-refractivity contribution < 1.29 is 9.53 Å². The Bertz CT molecular complexity index is 732. The van der Waals surface area contributed by atoms with Gasteiger partial charge in [0.25, 0.3) is 5.91 Å². The molecule has 1 aliphatic carbocycles. The minimum absolute atomic E-state index is 0.206. The van der Waals surface area contributed by atoms with Crippen molar-refractivity contribution in [2.45, 2.75) is 38.8 Å². The molecule has 26 heavy (non-hydrogen) atoms. The van der Waals surface area contributed by atoms with E-state index in [2.05, 4.69) is 36.1 Å². The van der Waals surface area contributed by atoms with Crippen LogP contribution in [0.15, 0.2) is 29.3 Å². The first-order valence-electron chi connectivity index (χ1n) is 9.69. The Balaban J connectivity index is 1.49. The summed E-state index contributed by atoms with van der Waals surface area (Å²) in [5.41, 5.74) is 2.15. The minimum Gasteiger partial charge on any atom is -0.383 e. The zero-order valence-corrected chi connectivity index (χ0v) is 16.1. The SMILES string of the molecule is COCCN1C(=O)[C@]2(CC[C@@H]3CN(Cc4cccc(C)c4)C[C@@H]32)N=C1C. The lowest BCUT2D eigenvalue weighted by Gasteiger charge is -2.28. The number of amides is 1. The molecule has 0 N–H and O–H groups in total. The highest BCUT2D eigenvalue weighted by Crippen LogP contribution is 2.50. The molecule has 1 amide bonds. The molecule has 2 heterocycles. The average molecular weight is 355 g/mol. The lowest BCUT2D eigenvalue weighted by Crippen LogP contribution is -2.47. The van der Waals surface area contributed by atoms with Gasteiger partial charge in [-0.05, 0) is 38.2 Å². The third-order valence-corrected chi connectivity index (χ3v) is 6.40. The van der Waals surface area contributed by atoms with Gasteiger partial charge < -0.3 is 4.74 Å². The molecule has 3 atom stereocenters. The molecule has 5 heteroatoms. The molecule has 1 saturated carbocycles. The summed E-state index contributed by atoms with van der Waals surface area (Å²) in [6, 6.07) is 8.73. The smallest absolute Gasteiger partial charge is 0.256 e. The van der Waals surface area contributed by atoms with Gasteiger partial charge >= 0.3 is 0 Å². The van der Waals surface area contributed by atoms with Gasteiger partial charge in [-0.15, -0.1) is 0 Å². The quantitative estimate of drug-likeness (QED) is 0.815. The van der Waals surface area contributed by atoms with Crippen LogP contribution in [0.4, 0.5) is 0 Å². The Hall–Kier alpha value is -1.72. The summed E-state index contributed by atoms with van der Waals surface area (Å²) in [6.45, 7) is 8.29. The minimum atomic E-state index is -0.510. The number of carbonyl (C=O) groups is 1. The maximum absolute atomic E-state index is 13.2. The fraction of sp³-hybridized carbons (Fsp3) is 0.619. The summed E-state index contributed by atoms with van der Waals surface area (Å²) in [5.74, 6) is 2.01. The summed E-state index contributed by atoms with van der Waals surface area (Å²) in [4.78, 5) is 22.5. The van der Waals surface area contributed by atoms with E-state index in [4.69, 9.17) is 9.73 Å². The number of methoxy groups -OCH3 is 1. The first kappa shape index (κ1) is 17.7. The van der Waals surface area contributed by atoms with Crippen LogP contribution in [0.3, 0.4) is 0 Å². The van der Waals surface area contributed by atoms with Gasteiger partial charge in [-0.25, -0.2) is 0 Å². The molecule has 2 aliphatic heterocycles. The number of aryl methyl sites for hydroxylation is 1. The second-order valence-electron chi connectivity index (χ2n) is 8.12. The predicted molar refractivity (Wildman–Crippen MR) is 102 cm³/mol. The van der Waals surface area contributed by atoms with E-state index in [1.165, 1.54) is 11.1 Å². The van der Waals surface area contributed by atoms with Crippen molar-refractivity contribution in [2.75, 3.05) is 33.4 Å². The third kappa shape index (κ3) is 2.87. The Kier molecular flexibility index (Phi) is 4.61. The zero-order valence-electron chi connectivity index (χ0n) is 16.1. The van der Waals surface area contributed by atoms with Crippen molar-refractivity contribution in [3.05, 3.63) is 35.4 Å². The maximum atomic E-state index is 13.2. The van der Waals surface area contributed by atoms with Crippen LogP contribution in [0, 0.1) is 18.8 Å². The van der Waals surface area contributed by atoms with Crippen LogP contribution in [0.2, 0.25) is 0 Å². The van der Waals surface area contributed by atoms with E-state index in [9.17, 15) is 4.79 Å². The number of rotatable bonds is 5. The number of benzene rings is 1. The van der Waals surface area contributed by atoms with Gasteiger partial charge in [0.05, 0.1) is 13.2 Å². The predicted octanol–water partition coefficient (Wildman–Crippen LogP) is 2.48. The first-order chi connectivity index (χ1) is 12.5. The number of nitrogens with zero attached hydrogens (tertiary/aromatic N) is 3. The van der Waals surface area contributed by atoms with Gasteiger partial charge in [-0.1, -0.05) is 29.8 Å². The largest absolute Gasteiger partial charge is 0.383 e. The van der Waals surface area contributed by atoms with Crippen molar-refractivity contribution in [1.29, 1.82) is 0 Å². The molecule has 1 spiro atoms. The van der Waals surface area contributed by atoms with Crippen LogP contribution < -0.4 is 0 Å². The second kappa shape index (κ2) is 6.78. The van der Waals surface area contributed by atoms with Crippen LogP contribution in [-0.4, -0.2) is 60.4 Å². The molecule has 0 aromatic heterocycles. The molecule has 1 aromatic rings. The number of aliphatic imine (C=N–C) groups is 1. The van der Waals surface area contributed by atoms with Crippen LogP contribution >= 0.6 is 0 Å². The molecular weight excluding hydrogens is 326 g/mol. The summed E-state index contributed by atoms with van der Waals surface area (Å²) in [5, 5.41) is 0.